The average Bonchev–Trinajstić information content (AvgIpc) is 3.41. The van der Waals surface area contributed by atoms with Gasteiger partial charge in [0, 0.05) is 30.9 Å². The van der Waals surface area contributed by atoms with Gasteiger partial charge in [-0.05, 0) is 66.4 Å². The number of nitrogens with zero attached hydrogens (tertiary/aromatic N) is 1. The van der Waals surface area contributed by atoms with E-state index in [1.165, 1.54) is 0 Å². The summed E-state index contributed by atoms with van der Waals surface area (Å²) in [5, 5.41) is 2.96. The molecule has 6 heteroatoms. The van der Waals surface area contributed by atoms with E-state index in [4.69, 9.17) is 13.9 Å². The molecule has 2 fully saturated rings. The number of amides is 1. The van der Waals surface area contributed by atoms with Gasteiger partial charge in [-0.25, -0.2) is 4.98 Å². The van der Waals surface area contributed by atoms with E-state index in [9.17, 15) is 4.79 Å². The smallest absolute Gasteiger partial charge is 0.229 e. The van der Waals surface area contributed by atoms with E-state index in [0.29, 0.717) is 5.82 Å². The molecule has 2 aliphatic rings. The van der Waals surface area contributed by atoms with E-state index in [1.54, 1.807) is 12.5 Å². The van der Waals surface area contributed by atoms with Crippen molar-refractivity contribution in [2.75, 3.05) is 18.5 Å². The fraction of sp³-hybridized carbons (Fsp3) is 0.360. The van der Waals surface area contributed by atoms with Crippen molar-refractivity contribution in [1.29, 1.82) is 0 Å². The number of nitrogens with one attached hydrogen (secondary N) is 1. The molecule has 0 radical (unpaired) electrons. The van der Waals surface area contributed by atoms with Crippen LogP contribution in [0.4, 0.5) is 5.82 Å². The zero-order valence-corrected chi connectivity index (χ0v) is 17.5. The second-order valence-corrected chi connectivity index (χ2v) is 8.29. The Kier molecular flexibility index (Phi) is 5.47. The Balaban J connectivity index is 1.25. The molecule has 0 unspecified atom stereocenters. The Morgan fingerprint density at radius 1 is 1.13 bits per heavy atom. The van der Waals surface area contributed by atoms with Crippen molar-refractivity contribution in [3.63, 3.8) is 0 Å². The first kappa shape index (κ1) is 19.8. The van der Waals surface area contributed by atoms with Gasteiger partial charge >= 0.3 is 0 Å². The molecule has 1 saturated carbocycles. The van der Waals surface area contributed by atoms with Crippen molar-refractivity contribution >= 4 is 11.7 Å². The standard InChI is InChI=1S/C25H26N2O4/c1-16-13-17(4-5-22(16)31-19-7-11-29-12-8-19)18-6-9-26-24(14-18)27-25(28)21-15-20(21)23-3-2-10-30-23/h2-6,9-10,13-14,19-21H,7-8,11-12,15H2,1H3,(H,26,27,28)/t20-,21-/m1/s1. The first-order chi connectivity index (χ1) is 15.2. The van der Waals surface area contributed by atoms with Crippen LogP contribution in [0.5, 0.6) is 5.75 Å². The molecule has 1 saturated heterocycles. The number of hydrogen-bond donors (Lipinski definition) is 1. The molecular formula is C25H26N2O4. The molecule has 6 nitrogen and oxygen atoms in total. The number of rotatable bonds is 6. The predicted molar refractivity (Wildman–Crippen MR) is 117 cm³/mol. The zero-order valence-electron chi connectivity index (χ0n) is 17.5. The third kappa shape index (κ3) is 4.49. The maximum absolute atomic E-state index is 12.6. The number of carbonyl (C=O) groups is 1. The molecule has 1 N–H and O–H groups in total. The molecule has 1 amide bonds. The molecule has 1 aliphatic carbocycles. The highest BCUT2D eigenvalue weighted by Gasteiger charge is 2.45. The van der Waals surface area contributed by atoms with Gasteiger partial charge in [-0.15, -0.1) is 0 Å². The summed E-state index contributed by atoms with van der Waals surface area (Å²) in [6.07, 6.45) is 6.26. The quantitative estimate of drug-likeness (QED) is 0.613. The number of aryl methyl sites for hydroxylation is 1. The predicted octanol–water partition coefficient (Wildman–Crippen LogP) is 4.95. The van der Waals surface area contributed by atoms with Crippen LogP contribution in [0.1, 0.15) is 36.5 Å². The molecule has 0 bridgehead atoms. The maximum Gasteiger partial charge on any atom is 0.229 e. The highest BCUT2D eigenvalue weighted by atomic mass is 16.5. The highest BCUT2D eigenvalue weighted by Crippen LogP contribution is 2.48. The molecule has 1 aliphatic heterocycles. The minimum Gasteiger partial charge on any atom is -0.490 e. The molecule has 3 aromatic rings. The fourth-order valence-corrected chi connectivity index (χ4v) is 4.13. The van der Waals surface area contributed by atoms with Crippen LogP contribution in [0.15, 0.2) is 59.3 Å². The normalized spacial score (nSPS) is 20.9. The molecule has 0 spiro atoms. The van der Waals surface area contributed by atoms with Gasteiger partial charge in [0.05, 0.1) is 19.5 Å². The highest BCUT2D eigenvalue weighted by molar-refractivity contribution is 5.94. The molecule has 3 heterocycles. The summed E-state index contributed by atoms with van der Waals surface area (Å²) in [4.78, 5) is 16.9. The van der Waals surface area contributed by atoms with Gasteiger partial charge in [-0.3, -0.25) is 4.79 Å². The third-order valence-corrected chi connectivity index (χ3v) is 6.02. The molecule has 31 heavy (non-hydrogen) atoms. The van der Waals surface area contributed by atoms with Gasteiger partial charge in [0.2, 0.25) is 5.91 Å². The summed E-state index contributed by atoms with van der Waals surface area (Å²) in [6.45, 7) is 3.58. The number of carbonyl (C=O) groups excluding carboxylic acids is 1. The number of furan rings is 1. The number of anilines is 1. The van der Waals surface area contributed by atoms with Crippen LogP contribution in [0.3, 0.4) is 0 Å². The van der Waals surface area contributed by atoms with Crippen molar-refractivity contribution in [1.82, 2.24) is 4.98 Å². The second-order valence-electron chi connectivity index (χ2n) is 8.29. The van der Waals surface area contributed by atoms with Crippen LogP contribution in [-0.2, 0) is 9.53 Å². The van der Waals surface area contributed by atoms with Crippen molar-refractivity contribution in [3.8, 4) is 16.9 Å². The Morgan fingerprint density at radius 3 is 2.74 bits per heavy atom. The van der Waals surface area contributed by atoms with Crippen LogP contribution in [0, 0.1) is 12.8 Å². The van der Waals surface area contributed by atoms with Crippen LogP contribution in [-0.4, -0.2) is 30.2 Å². The maximum atomic E-state index is 12.6. The van der Waals surface area contributed by atoms with Crippen molar-refractivity contribution in [3.05, 3.63) is 66.2 Å². The van der Waals surface area contributed by atoms with Gasteiger partial charge in [0.25, 0.3) is 0 Å². The summed E-state index contributed by atoms with van der Waals surface area (Å²) in [5.74, 6) is 2.45. The summed E-state index contributed by atoms with van der Waals surface area (Å²) in [6, 6.07) is 13.8. The lowest BCUT2D eigenvalue weighted by molar-refractivity contribution is -0.117. The van der Waals surface area contributed by atoms with E-state index >= 15 is 0 Å². The SMILES string of the molecule is Cc1cc(-c2ccnc(NC(=O)[C@@H]3C[C@H]3c3ccco3)c2)ccc1OC1CCOCC1. The van der Waals surface area contributed by atoms with E-state index < -0.39 is 0 Å². The van der Waals surface area contributed by atoms with Gasteiger partial charge < -0.3 is 19.2 Å². The van der Waals surface area contributed by atoms with Crippen LogP contribution in [0.2, 0.25) is 0 Å². The van der Waals surface area contributed by atoms with Crippen LogP contribution in [0.25, 0.3) is 11.1 Å². The molecule has 1 aromatic carbocycles. The summed E-state index contributed by atoms with van der Waals surface area (Å²) < 4.78 is 17.0. The number of ether oxygens (including phenoxy) is 2. The minimum atomic E-state index is -0.0551. The van der Waals surface area contributed by atoms with Gasteiger partial charge in [0.1, 0.15) is 23.4 Å². The Morgan fingerprint density at radius 2 is 1.97 bits per heavy atom. The Labute approximate surface area is 181 Å². The van der Waals surface area contributed by atoms with Crippen LogP contribution < -0.4 is 10.1 Å². The van der Waals surface area contributed by atoms with Crippen LogP contribution >= 0.6 is 0 Å². The monoisotopic (exact) mass is 418 g/mol. The summed E-state index contributed by atoms with van der Waals surface area (Å²) in [5.41, 5.74) is 3.16. The summed E-state index contributed by atoms with van der Waals surface area (Å²) >= 11 is 0. The van der Waals surface area contributed by atoms with Crippen molar-refractivity contribution in [2.45, 2.75) is 38.2 Å². The molecule has 160 valence electrons. The zero-order chi connectivity index (χ0) is 21.2. The molecule has 2 atom stereocenters. The van der Waals surface area contributed by atoms with Crippen molar-refractivity contribution < 1.29 is 18.7 Å². The Bertz CT molecular complexity index is 1060. The molecular weight excluding hydrogens is 392 g/mol. The van der Waals surface area contributed by atoms with Gasteiger partial charge in [-0.1, -0.05) is 6.07 Å². The number of hydrogen-bond acceptors (Lipinski definition) is 5. The van der Waals surface area contributed by atoms with E-state index in [0.717, 1.165) is 60.7 Å². The van der Waals surface area contributed by atoms with Gasteiger partial charge in [-0.2, -0.15) is 0 Å². The number of aromatic nitrogens is 1. The third-order valence-electron chi connectivity index (χ3n) is 6.02. The van der Waals surface area contributed by atoms with E-state index in [-0.39, 0.29) is 23.8 Å². The van der Waals surface area contributed by atoms with E-state index in [2.05, 4.69) is 29.4 Å². The fourth-order valence-electron chi connectivity index (χ4n) is 4.13. The Hall–Kier alpha value is -3.12. The van der Waals surface area contributed by atoms with Crippen molar-refractivity contribution in [2.24, 2.45) is 5.92 Å². The lowest BCUT2D eigenvalue weighted by Gasteiger charge is -2.24. The van der Waals surface area contributed by atoms with Gasteiger partial charge in [0.15, 0.2) is 0 Å². The topological polar surface area (TPSA) is 73.6 Å². The van der Waals surface area contributed by atoms with E-state index in [1.807, 2.05) is 30.3 Å². The largest absolute Gasteiger partial charge is 0.490 e. The minimum absolute atomic E-state index is 0.0116. The lowest BCUT2D eigenvalue weighted by Crippen LogP contribution is -2.26. The lowest BCUT2D eigenvalue weighted by atomic mass is 10.0. The summed E-state index contributed by atoms with van der Waals surface area (Å²) in [7, 11) is 0. The second kappa shape index (κ2) is 8.55. The number of pyridine rings is 1. The average molecular weight is 418 g/mol. The molecule has 5 rings (SSSR count). The number of benzene rings is 1. The first-order valence-electron chi connectivity index (χ1n) is 10.8. The first-order valence-corrected chi connectivity index (χ1v) is 10.8. The molecule has 2 aromatic heterocycles.